The lowest BCUT2D eigenvalue weighted by atomic mass is 10.7. The Balaban J connectivity index is 0. The number of nitrogens with zero attached hydrogens (tertiary/aromatic N) is 1. The SMILES string of the molecule is C=CC(=O)O.C=CC(=O)ON=C=O. The minimum absolute atomic E-state index is 0.770. The summed E-state index contributed by atoms with van der Waals surface area (Å²) in [6, 6.07) is 0. The largest absolute Gasteiger partial charge is 0.478 e. The summed E-state index contributed by atoms with van der Waals surface area (Å²) in [5, 5.41) is 10.1. The molecule has 0 aromatic heterocycles. The molecule has 0 atom stereocenters. The zero-order valence-electron chi connectivity index (χ0n) is 6.60. The van der Waals surface area contributed by atoms with Crippen molar-refractivity contribution in [2.75, 3.05) is 0 Å². The van der Waals surface area contributed by atoms with Gasteiger partial charge in [-0.2, -0.15) is 0 Å². The van der Waals surface area contributed by atoms with Gasteiger partial charge in [0.05, 0.1) is 0 Å². The van der Waals surface area contributed by atoms with Crippen LogP contribution in [0.15, 0.2) is 30.5 Å². The van der Waals surface area contributed by atoms with Crippen molar-refractivity contribution in [3.05, 3.63) is 25.3 Å². The molecule has 1 N–H and O–H groups in total. The average Bonchev–Trinajstić information content (AvgIpc) is 2.15. The number of carbonyl (C=O) groups is 2. The van der Waals surface area contributed by atoms with Crippen LogP contribution in [-0.2, 0) is 19.2 Å². The van der Waals surface area contributed by atoms with Crippen molar-refractivity contribution < 1.29 is 24.3 Å². The molecule has 0 saturated carbocycles. The van der Waals surface area contributed by atoms with Crippen LogP contribution in [0.3, 0.4) is 0 Å². The molecule has 0 bridgehead atoms. The maximum Gasteiger partial charge on any atom is 0.359 e. The second kappa shape index (κ2) is 9.80. The normalized spacial score (nSPS) is 6.46. The van der Waals surface area contributed by atoms with Crippen LogP contribution in [-0.4, -0.2) is 23.1 Å². The van der Waals surface area contributed by atoms with E-state index in [4.69, 9.17) is 5.11 Å². The van der Waals surface area contributed by atoms with Crippen LogP contribution >= 0.6 is 0 Å². The summed E-state index contributed by atoms with van der Waals surface area (Å²) in [4.78, 5) is 32.2. The fourth-order valence-corrected chi connectivity index (χ4v) is 0.101. The van der Waals surface area contributed by atoms with Crippen LogP contribution in [0.2, 0.25) is 0 Å². The molecule has 0 heterocycles. The average molecular weight is 185 g/mol. The van der Waals surface area contributed by atoms with Gasteiger partial charge in [-0.3, -0.25) is 0 Å². The molecular formula is C7H7NO5. The smallest absolute Gasteiger partial charge is 0.359 e. The van der Waals surface area contributed by atoms with Crippen LogP contribution in [0.5, 0.6) is 0 Å². The third-order valence-electron chi connectivity index (χ3n) is 0.514. The summed E-state index contributed by atoms with van der Waals surface area (Å²) in [5.74, 6) is -1.75. The predicted molar refractivity (Wildman–Crippen MR) is 42.2 cm³/mol. The second-order valence-corrected chi connectivity index (χ2v) is 1.34. The molecule has 0 aliphatic carbocycles. The second-order valence-electron chi connectivity index (χ2n) is 1.34. The molecule has 0 aromatic rings. The highest BCUT2D eigenvalue weighted by atomic mass is 16.7. The number of hydrogen-bond donors (Lipinski definition) is 1. The van der Waals surface area contributed by atoms with Crippen LogP contribution < -0.4 is 0 Å². The van der Waals surface area contributed by atoms with Gasteiger partial charge < -0.3 is 9.94 Å². The van der Waals surface area contributed by atoms with Crippen LogP contribution in [0.1, 0.15) is 0 Å². The molecule has 6 nitrogen and oxygen atoms in total. The molecule has 0 amide bonds. The van der Waals surface area contributed by atoms with E-state index >= 15 is 0 Å². The number of aliphatic carboxylic acids is 1. The van der Waals surface area contributed by atoms with Gasteiger partial charge in [0.1, 0.15) is 0 Å². The lowest BCUT2D eigenvalue weighted by Gasteiger charge is -1.80. The van der Waals surface area contributed by atoms with E-state index in [1.165, 1.54) is 0 Å². The predicted octanol–water partition coefficient (Wildman–Crippen LogP) is 0.223. The van der Waals surface area contributed by atoms with Crippen molar-refractivity contribution in [1.29, 1.82) is 0 Å². The van der Waals surface area contributed by atoms with E-state index in [0.29, 0.717) is 0 Å². The molecule has 0 saturated heterocycles. The molecule has 13 heavy (non-hydrogen) atoms. The number of isocyanates is 1. The lowest BCUT2D eigenvalue weighted by Crippen LogP contribution is -1.91. The Bertz CT molecular complexity index is 252. The zero-order valence-corrected chi connectivity index (χ0v) is 6.60. The van der Waals surface area contributed by atoms with E-state index in [1.54, 1.807) is 0 Å². The zero-order chi connectivity index (χ0) is 10.7. The maximum absolute atomic E-state index is 9.96. The highest BCUT2D eigenvalue weighted by Gasteiger charge is 1.88. The molecule has 0 unspecified atom stereocenters. The molecule has 0 aliphatic heterocycles. The molecule has 0 fully saturated rings. The van der Waals surface area contributed by atoms with Crippen LogP contribution in [0.4, 0.5) is 0 Å². The van der Waals surface area contributed by atoms with E-state index < -0.39 is 11.9 Å². The summed E-state index contributed by atoms with van der Waals surface area (Å²) in [7, 11) is 0. The Kier molecular flexibility index (Phi) is 10.1. The van der Waals surface area contributed by atoms with Gasteiger partial charge in [-0.05, 0) is 0 Å². The van der Waals surface area contributed by atoms with E-state index in [-0.39, 0.29) is 0 Å². The first-order chi connectivity index (χ1) is 6.08. The van der Waals surface area contributed by atoms with Gasteiger partial charge >= 0.3 is 11.9 Å². The third kappa shape index (κ3) is 17.7. The minimum atomic E-state index is -0.981. The van der Waals surface area contributed by atoms with E-state index in [2.05, 4.69) is 23.2 Å². The molecule has 0 rings (SSSR count). The van der Waals surface area contributed by atoms with Gasteiger partial charge in [0, 0.05) is 17.3 Å². The summed E-state index contributed by atoms with van der Waals surface area (Å²) in [6.07, 6.45) is 2.74. The highest BCUT2D eigenvalue weighted by molar-refractivity contribution is 5.81. The Hall–Kier alpha value is -2.20. The maximum atomic E-state index is 9.96. The first-order valence-corrected chi connectivity index (χ1v) is 2.84. The molecular weight excluding hydrogens is 178 g/mol. The Labute approximate surface area is 73.8 Å². The fraction of sp³-hybridized carbons (Fsp3) is 0. The number of carbonyl (C=O) groups excluding carboxylic acids is 2. The Morgan fingerprint density at radius 3 is 2.08 bits per heavy atom. The first kappa shape index (κ1) is 13.4. The molecule has 6 heteroatoms. The van der Waals surface area contributed by atoms with Crippen molar-refractivity contribution in [2.45, 2.75) is 0 Å². The highest BCUT2D eigenvalue weighted by Crippen LogP contribution is 1.75. The van der Waals surface area contributed by atoms with E-state index in [9.17, 15) is 14.4 Å². The topological polar surface area (TPSA) is 93.0 Å². The van der Waals surface area contributed by atoms with Crippen molar-refractivity contribution in [1.82, 2.24) is 0 Å². The Morgan fingerprint density at radius 2 is 1.85 bits per heavy atom. The van der Waals surface area contributed by atoms with Gasteiger partial charge in [-0.15, -0.1) is 0 Å². The summed E-state index contributed by atoms with van der Waals surface area (Å²) >= 11 is 0. The summed E-state index contributed by atoms with van der Waals surface area (Å²) in [6.45, 7) is 6.01. The van der Waals surface area contributed by atoms with Gasteiger partial charge in [0.25, 0.3) is 6.08 Å². The lowest BCUT2D eigenvalue weighted by molar-refractivity contribution is -0.137. The van der Waals surface area contributed by atoms with Gasteiger partial charge in [-0.25, -0.2) is 14.4 Å². The molecule has 0 radical (unpaired) electrons. The Morgan fingerprint density at radius 1 is 1.38 bits per heavy atom. The number of hydrogen-bond acceptors (Lipinski definition) is 5. The molecule has 0 aromatic carbocycles. The molecule has 0 spiro atoms. The van der Waals surface area contributed by atoms with Crippen molar-refractivity contribution >= 4 is 18.0 Å². The number of rotatable bonds is 3. The standard InChI is InChI=1S/C4H3NO3.C3H4O2/c1-2-4(7)8-5-3-6;1-2-3(4)5/h2H,1H2;2H,1H2,(H,4,5). The van der Waals surface area contributed by atoms with Crippen LogP contribution in [0, 0.1) is 0 Å². The minimum Gasteiger partial charge on any atom is -0.478 e. The fourth-order valence-electron chi connectivity index (χ4n) is 0.101. The summed E-state index contributed by atoms with van der Waals surface area (Å²) in [5.41, 5.74) is 0. The number of carboxylic acids is 1. The summed E-state index contributed by atoms with van der Waals surface area (Å²) < 4.78 is 0. The monoisotopic (exact) mass is 185 g/mol. The van der Waals surface area contributed by atoms with Crippen molar-refractivity contribution in [2.24, 2.45) is 5.16 Å². The van der Waals surface area contributed by atoms with Crippen LogP contribution in [0.25, 0.3) is 0 Å². The molecule has 70 valence electrons. The van der Waals surface area contributed by atoms with Gasteiger partial charge in [-0.1, -0.05) is 13.2 Å². The first-order valence-electron chi connectivity index (χ1n) is 2.84. The van der Waals surface area contributed by atoms with E-state index in [1.807, 2.05) is 0 Å². The van der Waals surface area contributed by atoms with Gasteiger partial charge in [0.15, 0.2) is 0 Å². The number of carboxylic acid groups (broad SMARTS) is 1. The quantitative estimate of drug-likeness (QED) is 0.223. The molecule has 0 aliphatic rings. The van der Waals surface area contributed by atoms with Crippen molar-refractivity contribution in [3.8, 4) is 0 Å². The van der Waals surface area contributed by atoms with Gasteiger partial charge in [0.2, 0.25) is 0 Å². The third-order valence-corrected chi connectivity index (χ3v) is 0.514. The van der Waals surface area contributed by atoms with Crippen molar-refractivity contribution in [3.63, 3.8) is 0 Å². The van der Waals surface area contributed by atoms with E-state index in [0.717, 1.165) is 18.2 Å².